The van der Waals surface area contributed by atoms with Gasteiger partial charge >= 0.3 is 0 Å². The number of para-hydroxylation sites is 2. The van der Waals surface area contributed by atoms with Crippen LogP contribution in [0.2, 0.25) is 0 Å². The van der Waals surface area contributed by atoms with Gasteiger partial charge in [-0.1, -0.05) is 12.1 Å². The summed E-state index contributed by atoms with van der Waals surface area (Å²) in [7, 11) is 1.83. The van der Waals surface area contributed by atoms with Crippen LogP contribution in [0.3, 0.4) is 0 Å². The second kappa shape index (κ2) is 6.34. The number of carbonyl (C=O) groups is 1. The SMILES string of the molecule is CNCCC(=O)Nc1ccccc1-n1nc(C)cc1C. The number of nitrogens with one attached hydrogen (secondary N) is 2. The van der Waals surface area contributed by atoms with Gasteiger partial charge in [0.25, 0.3) is 0 Å². The summed E-state index contributed by atoms with van der Waals surface area (Å²) in [6, 6.07) is 9.70. The first kappa shape index (κ1) is 14.3. The zero-order chi connectivity index (χ0) is 14.5. The molecule has 2 rings (SSSR count). The molecule has 5 heteroatoms. The van der Waals surface area contributed by atoms with Crippen molar-refractivity contribution < 1.29 is 4.79 Å². The van der Waals surface area contributed by atoms with Crippen molar-refractivity contribution >= 4 is 11.6 Å². The molecule has 2 aromatic rings. The summed E-state index contributed by atoms with van der Waals surface area (Å²) in [4.78, 5) is 11.9. The number of aromatic nitrogens is 2. The molecule has 5 nitrogen and oxygen atoms in total. The summed E-state index contributed by atoms with van der Waals surface area (Å²) >= 11 is 0. The molecule has 0 spiro atoms. The van der Waals surface area contributed by atoms with E-state index >= 15 is 0 Å². The van der Waals surface area contributed by atoms with Crippen molar-refractivity contribution in [1.29, 1.82) is 0 Å². The minimum absolute atomic E-state index is 0.00617. The highest BCUT2D eigenvalue weighted by atomic mass is 16.1. The van der Waals surface area contributed by atoms with E-state index in [0.29, 0.717) is 13.0 Å². The lowest BCUT2D eigenvalue weighted by molar-refractivity contribution is -0.116. The standard InChI is InChI=1S/C15H20N4O/c1-11-10-12(2)19(18-11)14-7-5-4-6-13(14)17-15(20)8-9-16-3/h4-7,10,16H,8-9H2,1-3H3,(H,17,20). The molecule has 0 saturated heterocycles. The molecule has 0 atom stereocenters. The van der Waals surface area contributed by atoms with Gasteiger partial charge in [0.05, 0.1) is 17.1 Å². The Kier molecular flexibility index (Phi) is 4.53. The third kappa shape index (κ3) is 3.24. The van der Waals surface area contributed by atoms with Crippen LogP contribution in [0.4, 0.5) is 5.69 Å². The lowest BCUT2D eigenvalue weighted by Gasteiger charge is -2.12. The monoisotopic (exact) mass is 272 g/mol. The zero-order valence-electron chi connectivity index (χ0n) is 12.1. The number of carbonyl (C=O) groups excluding carboxylic acids is 1. The molecular weight excluding hydrogens is 252 g/mol. The number of hydrogen-bond donors (Lipinski definition) is 2. The summed E-state index contributed by atoms with van der Waals surface area (Å²) < 4.78 is 1.85. The summed E-state index contributed by atoms with van der Waals surface area (Å²) in [5.74, 6) is -0.00617. The third-order valence-electron chi connectivity index (χ3n) is 3.02. The molecule has 0 aliphatic carbocycles. The minimum Gasteiger partial charge on any atom is -0.324 e. The fraction of sp³-hybridized carbons (Fsp3) is 0.333. The second-order valence-electron chi connectivity index (χ2n) is 4.76. The molecule has 20 heavy (non-hydrogen) atoms. The second-order valence-corrected chi connectivity index (χ2v) is 4.76. The van der Waals surface area contributed by atoms with Gasteiger partial charge in [-0.15, -0.1) is 0 Å². The van der Waals surface area contributed by atoms with Crippen molar-refractivity contribution in [3.63, 3.8) is 0 Å². The highest BCUT2D eigenvalue weighted by Gasteiger charge is 2.10. The highest BCUT2D eigenvalue weighted by Crippen LogP contribution is 2.21. The molecule has 1 aromatic carbocycles. The zero-order valence-corrected chi connectivity index (χ0v) is 12.1. The number of amides is 1. The quantitative estimate of drug-likeness (QED) is 0.875. The van der Waals surface area contributed by atoms with E-state index in [0.717, 1.165) is 22.8 Å². The summed E-state index contributed by atoms with van der Waals surface area (Å²) in [6.45, 7) is 4.62. The van der Waals surface area contributed by atoms with Gasteiger partial charge in [0.15, 0.2) is 0 Å². The number of nitrogens with zero attached hydrogens (tertiary/aromatic N) is 2. The van der Waals surface area contributed by atoms with Crippen LogP contribution < -0.4 is 10.6 Å². The average molecular weight is 272 g/mol. The topological polar surface area (TPSA) is 59.0 Å². The first-order valence-electron chi connectivity index (χ1n) is 6.69. The van der Waals surface area contributed by atoms with Gasteiger partial charge in [-0.3, -0.25) is 4.79 Å². The van der Waals surface area contributed by atoms with E-state index in [1.807, 2.05) is 55.9 Å². The lowest BCUT2D eigenvalue weighted by Crippen LogP contribution is -2.19. The van der Waals surface area contributed by atoms with Crippen LogP contribution in [-0.2, 0) is 4.79 Å². The largest absolute Gasteiger partial charge is 0.324 e. The number of hydrogen-bond acceptors (Lipinski definition) is 3. The predicted molar refractivity (Wildman–Crippen MR) is 80.2 cm³/mol. The third-order valence-corrected chi connectivity index (χ3v) is 3.02. The van der Waals surface area contributed by atoms with Crippen LogP contribution in [0.1, 0.15) is 17.8 Å². The summed E-state index contributed by atoms with van der Waals surface area (Å²) in [5.41, 5.74) is 3.66. The Hall–Kier alpha value is -2.14. The van der Waals surface area contributed by atoms with Crippen LogP contribution in [0.15, 0.2) is 30.3 Å². The minimum atomic E-state index is -0.00617. The van der Waals surface area contributed by atoms with E-state index in [9.17, 15) is 4.79 Å². The normalized spacial score (nSPS) is 10.6. The van der Waals surface area contributed by atoms with Gasteiger partial charge in [0, 0.05) is 18.7 Å². The van der Waals surface area contributed by atoms with Gasteiger partial charge in [0.1, 0.15) is 0 Å². The Morgan fingerprint density at radius 3 is 2.70 bits per heavy atom. The molecule has 0 fully saturated rings. The van der Waals surface area contributed by atoms with E-state index in [1.54, 1.807) is 0 Å². The smallest absolute Gasteiger partial charge is 0.225 e. The first-order valence-corrected chi connectivity index (χ1v) is 6.69. The van der Waals surface area contributed by atoms with Crippen LogP contribution in [-0.4, -0.2) is 29.3 Å². The van der Waals surface area contributed by atoms with Gasteiger partial charge in [-0.25, -0.2) is 4.68 Å². The maximum absolute atomic E-state index is 11.9. The number of rotatable bonds is 5. The molecule has 1 amide bonds. The molecule has 0 saturated carbocycles. The maximum Gasteiger partial charge on any atom is 0.225 e. The van der Waals surface area contributed by atoms with Gasteiger partial charge in [-0.2, -0.15) is 5.10 Å². The van der Waals surface area contributed by atoms with Crippen molar-refractivity contribution in [2.24, 2.45) is 0 Å². The Balaban J connectivity index is 2.27. The van der Waals surface area contributed by atoms with E-state index in [2.05, 4.69) is 15.7 Å². The van der Waals surface area contributed by atoms with E-state index in [-0.39, 0.29) is 5.91 Å². The van der Waals surface area contributed by atoms with Gasteiger partial charge in [-0.05, 0) is 39.1 Å². The maximum atomic E-state index is 11.9. The lowest BCUT2D eigenvalue weighted by atomic mass is 10.2. The molecule has 0 radical (unpaired) electrons. The van der Waals surface area contributed by atoms with Crippen LogP contribution in [0.5, 0.6) is 0 Å². The van der Waals surface area contributed by atoms with Crippen LogP contribution in [0.25, 0.3) is 5.69 Å². The number of anilines is 1. The number of aryl methyl sites for hydroxylation is 2. The van der Waals surface area contributed by atoms with Gasteiger partial charge in [0.2, 0.25) is 5.91 Å². The van der Waals surface area contributed by atoms with Crippen molar-refractivity contribution in [3.8, 4) is 5.69 Å². The van der Waals surface area contributed by atoms with Crippen molar-refractivity contribution in [3.05, 3.63) is 41.7 Å². The molecule has 2 N–H and O–H groups in total. The van der Waals surface area contributed by atoms with Crippen molar-refractivity contribution in [2.45, 2.75) is 20.3 Å². The summed E-state index contributed by atoms with van der Waals surface area (Å²) in [6.07, 6.45) is 0.446. The molecule has 0 bridgehead atoms. The fourth-order valence-electron chi connectivity index (χ4n) is 2.09. The summed E-state index contributed by atoms with van der Waals surface area (Å²) in [5, 5.41) is 10.4. The molecule has 1 heterocycles. The van der Waals surface area contributed by atoms with Crippen molar-refractivity contribution in [1.82, 2.24) is 15.1 Å². The van der Waals surface area contributed by atoms with Crippen LogP contribution in [0, 0.1) is 13.8 Å². The van der Waals surface area contributed by atoms with E-state index in [4.69, 9.17) is 0 Å². The Morgan fingerprint density at radius 1 is 1.30 bits per heavy atom. The Bertz CT molecular complexity index is 604. The van der Waals surface area contributed by atoms with Crippen molar-refractivity contribution in [2.75, 3.05) is 18.9 Å². The Morgan fingerprint density at radius 2 is 2.05 bits per heavy atom. The molecule has 0 aliphatic rings. The molecule has 0 aliphatic heterocycles. The molecule has 106 valence electrons. The molecule has 0 unspecified atom stereocenters. The Labute approximate surface area is 119 Å². The molecule has 1 aromatic heterocycles. The fourth-order valence-corrected chi connectivity index (χ4v) is 2.09. The van der Waals surface area contributed by atoms with Gasteiger partial charge < -0.3 is 10.6 Å². The average Bonchev–Trinajstić information content (AvgIpc) is 2.76. The number of benzene rings is 1. The van der Waals surface area contributed by atoms with E-state index in [1.165, 1.54) is 0 Å². The van der Waals surface area contributed by atoms with Crippen LogP contribution >= 0.6 is 0 Å². The van der Waals surface area contributed by atoms with E-state index < -0.39 is 0 Å². The molecular formula is C15H20N4O. The highest BCUT2D eigenvalue weighted by molar-refractivity contribution is 5.92. The first-order chi connectivity index (χ1) is 9.61. The predicted octanol–water partition coefficient (Wildman–Crippen LogP) is 2.04.